The highest BCUT2D eigenvalue weighted by Crippen LogP contribution is 2.25. The first-order chi connectivity index (χ1) is 14.7. The molecule has 0 amide bonds. The summed E-state index contributed by atoms with van der Waals surface area (Å²) in [4.78, 5) is 0. The van der Waals surface area contributed by atoms with Crippen LogP contribution in [-0.2, 0) is 28.4 Å². The molecule has 0 spiro atoms. The van der Waals surface area contributed by atoms with E-state index in [2.05, 4.69) is 48.5 Å². The molecular weight excluding hydrogens is 396 g/mol. The van der Waals surface area contributed by atoms with Gasteiger partial charge in [0.05, 0.1) is 24.9 Å². The Morgan fingerprint density at radius 3 is 1.97 bits per heavy atom. The highest BCUT2D eigenvalue weighted by molar-refractivity contribution is 4.70. The maximum Gasteiger partial charge on any atom is 0.160 e. The molecule has 0 aromatic rings. The minimum atomic E-state index is -0.226. The Morgan fingerprint density at radius 1 is 0.806 bits per heavy atom. The molecule has 6 unspecified atom stereocenters. The fraction of sp³-hybridized carbons (Fsp3) is 1.00. The van der Waals surface area contributed by atoms with Crippen LogP contribution in [0.15, 0.2) is 0 Å². The molecule has 0 aliphatic carbocycles. The molecule has 6 heteroatoms. The first-order valence-corrected chi connectivity index (χ1v) is 12.5. The number of ether oxygens (including phenoxy) is 6. The van der Waals surface area contributed by atoms with Gasteiger partial charge in [0.15, 0.2) is 18.9 Å². The van der Waals surface area contributed by atoms with Gasteiger partial charge in [0.25, 0.3) is 0 Å². The summed E-state index contributed by atoms with van der Waals surface area (Å²) in [6.07, 6.45) is 3.57. The average molecular weight is 447 g/mol. The molecule has 186 valence electrons. The largest absolute Gasteiger partial charge is 0.353 e. The van der Waals surface area contributed by atoms with Crippen molar-refractivity contribution in [2.45, 2.75) is 125 Å². The SMILES string of the molecule is CCOC(OCC)C(C)CCC(C)OC(OC(C)CC1CCOC(C(C)C)O1)C(C)C. The number of hydrogen-bond acceptors (Lipinski definition) is 6. The summed E-state index contributed by atoms with van der Waals surface area (Å²) in [5, 5.41) is 0. The van der Waals surface area contributed by atoms with Crippen molar-refractivity contribution in [3.05, 3.63) is 0 Å². The minimum Gasteiger partial charge on any atom is -0.353 e. The predicted octanol–water partition coefficient (Wildman–Crippen LogP) is 5.77. The fourth-order valence-electron chi connectivity index (χ4n) is 3.77. The number of rotatable bonds is 16. The lowest BCUT2D eigenvalue weighted by molar-refractivity contribution is -0.248. The van der Waals surface area contributed by atoms with Crippen molar-refractivity contribution in [1.29, 1.82) is 0 Å². The van der Waals surface area contributed by atoms with Crippen LogP contribution in [-0.4, -0.2) is 57.0 Å². The molecule has 0 aromatic carbocycles. The van der Waals surface area contributed by atoms with Gasteiger partial charge in [-0.05, 0) is 53.4 Å². The van der Waals surface area contributed by atoms with E-state index in [1.165, 1.54) is 0 Å². The molecule has 0 N–H and O–H groups in total. The van der Waals surface area contributed by atoms with Crippen LogP contribution in [0.1, 0.15) is 88.0 Å². The maximum absolute atomic E-state index is 6.32. The van der Waals surface area contributed by atoms with Crippen LogP contribution in [0.4, 0.5) is 0 Å². The second-order valence-electron chi connectivity index (χ2n) is 9.61. The van der Waals surface area contributed by atoms with Gasteiger partial charge in [-0.15, -0.1) is 0 Å². The molecule has 1 aliphatic heterocycles. The first kappa shape index (κ1) is 28.8. The third-order valence-electron chi connectivity index (χ3n) is 5.62. The summed E-state index contributed by atoms with van der Waals surface area (Å²) in [6.45, 7) is 21.1. The Morgan fingerprint density at radius 2 is 1.42 bits per heavy atom. The van der Waals surface area contributed by atoms with E-state index in [0.29, 0.717) is 25.0 Å². The van der Waals surface area contributed by atoms with Gasteiger partial charge >= 0.3 is 0 Å². The third kappa shape index (κ3) is 11.4. The molecule has 1 heterocycles. The molecule has 1 aliphatic rings. The second-order valence-corrected chi connectivity index (χ2v) is 9.61. The Labute approximate surface area is 191 Å². The lowest BCUT2D eigenvalue weighted by Gasteiger charge is -2.35. The van der Waals surface area contributed by atoms with Crippen molar-refractivity contribution in [1.82, 2.24) is 0 Å². The highest BCUT2D eigenvalue weighted by atomic mass is 16.7. The predicted molar refractivity (Wildman–Crippen MR) is 124 cm³/mol. The molecule has 1 saturated heterocycles. The zero-order valence-electron chi connectivity index (χ0n) is 21.6. The summed E-state index contributed by atoms with van der Waals surface area (Å²) < 4.78 is 35.9. The van der Waals surface area contributed by atoms with Crippen LogP contribution in [0.3, 0.4) is 0 Å². The van der Waals surface area contributed by atoms with E-state index in [0.717, 1.165) is 32.3 Å². The van der Waals surface area contributed by atoms with Crippen LogP contribution < -0.4 is 0 Å². The van der Waals surface area contributed by atoms with E-state index in [1.807, 2.05) is 13.8 Å². The van der Waals surface area contributed by atoms with Gasteiger partial charge in [-0.25, -0.2) is 0 Å². The monoisotopic (exact) mass is 446 g/mol. The lowest BCUT2D eigenvalue weighted by Crippen LogP contribution is -2.38. The molecule has 0 saturated carbocycles. The van der Waals surface area contributed by atoms with E-state index < -0.39 is 0 Å². The van der Waals surface area contributed by atoms with Crippen LogP contribution >= 0.6 is 0 Å². The second kappa shape index (κ2) is 15.6. The van der Waals surface area contributed by atoms with Crippen molar-refractivity contribution in [2.24, 2.45) is 17.8 Å². The molecule has 0 radical (unpaired) electrons. The topological polar surface area (TPSA) is 55.4 Å². The first-order valence-electron chi connectivity index (χ1n) is 12.5. The highest BCUT2D eigenvalue weighted by Gasteiger charge is 2.29. The molecule has 0 aromatic heterocycles. The van der Waals surface area contributed by atoms with Gasteiger partial charge in [0.1, 0.15) is 0 Å². The van der Waals surface area contributed by atoms with Gasteiger partial charge < -0.3 is 28.4 Å². The molecule has 1 rings (SSSR count). The Kier molecular flexibility index (Phi) is 14.5. The fourth-order valence-corrected chi connectivity index (χ4v) is 3.77. The van der Waals surface area contributed by atoms with E-state index in [9.17, 15) is 0 Å². The summed E-state index contributed by atoms with van der Waals surface area (Å²) in [5.41, 5.74) is 0. The van der Waals surface area contributed by atoms with Crippen molar-refractivity contribution in [2.75, 3.05) is 19.8 Å². The van der Waals surface area contributed by atoms with Gasteiger partial charge in [-0.3, -0.25) is 0 Å². The third-order valence-corrected chi connectivity index (χ3v) is 5.62. The molecule has 31 heavy (non-hydrogen) atoms. The lowest BCUT2D eigenvalue weighted by atomic mass is 10.0. The zero-order chi connectivity index (χ0) is 23.4. The van der Waals surface area contributed by atoms with Crippen LogP contribution in [0, 0.1) is 17.8 Å². The van der Waals surface area contributed by atoms with Gasteiger partial charge in [-0.2, -0.15) is 0 Å². The van der Waals surface area contributed by atoms with E-state index in [1.54, 1.807) is 0 Å². The zero-order valence-corrected chi connectivity index (χ0v) is 21.6. The van der Waals surface area contributed by atoms with Gasteiger partial charge in [0.2, 0.25) is 0 Å². The average Bonchev–Trinajstić information content (AvgIpc) is 2.71. The summed E-state index contributed by atoms with van der Waals surface area (Å²) in [7, 11) is 0. The normalized spacial score (nSPS) is 24.0. The quantitative estimate of drug-likeness (QED) is 0.280. The summed E-state index contributed by atoms with van der Waals surface area (Å²) >= 11 is 0. The Balaban J connectivity index is 2.46. The molecule has 6 atom stereocenters. The Bertz CT molecular complexity index is 438. The maximum atomic E-state index is 6.32. The molecular formula is C25H50O6. The molecule has 0 bridgehead atoms. The van der Waals surface area contributed by atoms with Crippen molar-refractivity contribution >= 4 is 0 Å². The van der Waals surface area contributed by atoms with Crippen molar-refractivity contribution in [3.63, 3.8) is 0 Å². The molecule has 6 nitrogen and oxygen atoms in total. The smallest absolute Gasteiger partial charge is 0.160 e. The Hall–Kier alpha value is -0.240. The van der Waals surface area contributed by atoms with E-state index in [4.69, 9.17) is 28.4 Å². The van der Waals surface area contributed by atoms with Crippen LogP contribution in [0.25, 0.3) is 0 Å². The van der Waals surface area contributed by atoms with Crippen molar-refractivity contribution < 1.29 is 28.4 Å². The minimum absolute atomic E-state index is 0.0646. The van der Waals surface area contributed by atoms with Gasteiger partial charge in [-0.1, -0.05) is 34.6 Å². The summed E-state index contributed by atoms with van der Waals surface area (Å²) in [6, 6.07) is 0. The van der Waals surface area contributed by atoms with E-state index >= 15 is 0 Å². The number of hydrogen-bond donors (Lipinski definition) is 0. The van der Waals surface area contributed by atoms with Gasteiger partial charge in [0, 0.05) is 31.0 Å². The standard InChI is InChI=1S/C25H50O6/c1-10-26-25(27-11-2)19(7)12-13-20(8)29-24(18(5)6)30-21(9)16-22-14-15-28-23(31-22)17(3)4/h17-25H,10-16H2,1-9H3. The summed E-state index contributed by atoms with van der Waals surface area (Å²) in [5.74, 6) is 0.961. The van der Waals surface area contributed by atoms with Crippen LogP contribution in [0.2, 0.25) is 0 Å². The van der Waals surface area contributed by atoms with Crippen LogP contribution in [0.5, 0.6) is 0 Å². The van der Waals surface area contributed by atoms with E-state index in [-0.39, 0.29) is 43.1 Å². The molecule has 1 fully saturated rings. The van der Waals surface area contributed by atoms with Crippen molar-refractivity contribution in [3.8, 4) is 0 Å².